The Kier molecular flexibility index (Phi) is 14.8. The molecule has 0 unspecified atom stereocenters. The quantitative estimate of drug-likeness (QED) is 0.162. The van der Waals surface area contributed by atoms with Crippen molar-refractivity contribution in [3.8, 4) is 11.1 Å². The van der Waals surface area contributed by atoms with E-state index < -0.39 is 0 Å². The first kappa shape index (κ1) is 34.9. The van der Waals surface area contributed by atoms with Crippen LogP contribution < -0.4 is 0 Å². The summed E-state index contributed by atoms with van der Waals surface area (Å²) in [6.07, 6.45) is 8.63. The standard InChI is InChI=1S/C10H9ClN2.C10H13N.C9H12.C7H10N2O/c1-7-2-3-8(4-10(7)11)9-5-12-13-6-9;1-8-6-4-5-7-10(8)9(2)11-3;1-3-9-6-4-5-8(2)7-9;1-3-7(10)6-4-8-9(2)5-6/h2-6H,1H3,(H,12,13);4-7H,1-3H3;4-7H,3H2,1-2H3;4-5H,3H2,1-2H3. The van der Waals surface area contributed by atoms with Crippen LogP contribution in [0.1, 0.15) is 65.4 Å². The van der Waals surface area contributed by atoms with Crippen LogP contribution in [0.2, 0.25) is 5.02 Å². The average molecular weight is 598 g/mol. The third-order valence-electron chi connectivity index (χ3n) is 6.71. The summed E-state index contributed by atoms with van der Waals surface area (Å²) in [5.41, 5.74) is 10.4. The first-order chi connectivity index (χ1) is 20.6. The van der Waals surface area contributed by atoms with Crippen LogP contribution in [-0.4, -0.2) is 38.5 Å². The highest BCUT2D eigenvalue weighted by molar-refractivity contribution is 6.31. The van der Waals surface area contributed by atoms with Crippen LogP contribution in [0.25, 0.3) is 11.1 Å². The largest absolute Gasteiger partial charge is 0.294 e. The minimum atomic E-state index is 0.146. The summed E-state index contributed by atoms with van der Waals surface area (Å²) in [6, 6.07) is 22.9. The second kappa shape index (κ2) is 18.3. The summed E-state index contributed by atoms with van der Waals surface area (Å²) in [5.74, 6) is 0.146. The van der Waals surface area contributed by atoms with E-state index in [2.05, 4.69) is 77.5 Å². The number of halogens is 1. The molecule has 2 aromatic heterocycles. The van der Waals surface area contributed by atoms with Crippen LogP contribution in [0.15, 0.2) is 96.5 Å². The molecule has 5 aromatic rings. The first-order valence-corrected chi connectivity index (χ1v) is 14.8. The van der Waals surface area contributed by atoms with Gasteiger partial charge in [0.1, 0.15) is 0 Å². The van der Waals surface area contributed by atoms with Crippen LogP contribution in [0.4, 0.5) is 0 Å². The maximum atomic E-state index is 11.0. The number of carbonyl (C=O) groups excluding carboxylic acids is 1. The number of carbonyl (C=O) groups is 1. The van der Waals surface area contributed by atoms with Crippen LogP contribution in [-0.2, 0) is 13.5 Å². The highest BCUT2D eigenvalue weighted by Gasteiger charge is 2.03. The first-order valence-electron chi connectivity index (χ1n) is 14.4. The van der Waals surface area contributed by atoms with E-state index in [1.165, 1.54) is 22.3 Å². The Balaban J connectivity index is 0.000000202. The Bertz CT molecular complexity index is 1590. The minimum absolute atomic E-state index is 0.146. The number of aliphatic imine (C=N–C) groups is 1. The lowest BCUT2D eigenvalue weighted by atomic mass is 10.1. The predicted molar refractivity (Wildman–Crippen MR) is 181 cm³/mol. The van der Waals surface area contributed by atoms with Crippen LogP contribution in [0, 0.1) is 20.8 Å². The second-order valence-electron chi connectivity index (χ2n) is 10.1. The van der Waals surface area contributed by atoms with E-state index in [-0.39, 0.29) is 5.78 Å². The van der Waals surface area contributed by atoms with E-state index in [0.29, 0.717) is 12.0 Å². The van der Waals surface area contributed by atoms with E-state index in [1.807, 2.05) is 64.3 Å². The van der Waals surface area contributed by atoms with Gasteiger partial charge in [0.25, 0.3) is 0 Å². The molecule has 3 aromatic carbocycles. The van der Waals surface area contributed by atoms with Gasteiger partial charge < -0.3 is 0 Å². The Morgan fingerprint density at radius 2 is 1.67 bits per heavy atom. The molecular weight excluding hydrogens is 554 g/mol. The van der Waals surface area contributed by atoms with Crippen molar-refractivity contribution in [1.82, 2.24) is 20.0 Å². The zero-order valence-electron chi connectivity index (χ0n) is 26.6. The molecule has 0 fully saturated rings. The fourth-order valence-electron chi connectivity index (χ4n) is 3.98. The van der Waals surface area contributed by atoms with Gasteiger partial charge in [-0.1, -0.05) is 91.7 Å². The van der Waals surface area contributed by atoms with Gasteiger partial charge in [-0.05, 0) is 68.0 Å². The molecular formula is C36H44ClN5O. The lowest BCUT2D eigenvalue weighted by Gasteiger charge is -2.02. The van der Waals surface area contributed by atoms with E-state index in [0.717, 1.165) is 33.8 Å². The Morgan fingerprint density at radius 3 is 2.19 bits per heavy atom. The van der Waals surface area contributed by atoms with Gasteiger partial charge in [0.15, 0.2) is 5.78 Å². The Labute approximate surface area is 261 Å². The lowest BCUT2D eigenvalue weighted by molar-refractivity contribution is 0.0988. The fourth-order valence-corrected chi connectivity index (χ4v) is 4.16. The van der Waals surface area contributed by atoms with Gasteiger partial charge in [-0.3, -0.25) is 19.6 Å². The molecule has 226 valence electrons. The van der Waals surface area contributed by atoms with Gasteiger partial charge in [0.2, 0.25) is 0 Å². The molecule has 1 N–H and O–H groups in total. The number of Topliss-reactive ketones (excluding diaryl/α,β-unsaturated/α-hetero) is 1. The highest BCUT2D eigenvalue weighted by Crippen LogP contribution is 2.24. The van der Waals surface area contributed by atoms with Crippen molar-refractivity contribution in [2.45, 2.75) is 54.4 Å². The molecule has 0 bridgehead atoms. The van der Waals surface area contributed by atoms with Crippen molar-refractivity contribution in [2.24, 2.45) is 12.0 Å². The maximum absolute atomic E-state index is 11.0. The monoisotopic (exact) mass is 597 g/mol. The molecule has 0 saturated carbocycles. The van der Waals surface area contributed by atoms with Gasteiger partial charge in [0, 0.05) is 49.2 Å². The van der Waals surface area contributed by atoms with Crippen molar-refractivity contribution in [3.05, 3.63) is 130 Å². The van der Waals surface area contributed by atoms with Crippen molar-refractivity contribution in [3.63, 3.8) is 0 Å². The zero-order valence-corrected chi connectivity index (χ0v) is 27.4. The molecule has 2 heterocycles. The number of benzene rings is 3. The number of rotatable bonds is 5. The number of nitrogens with one attached hydrogen (secondary N) is 1. The van der Waals surface area contributed by atoms with Crippen LogP contribution in [0.5, 0.6) is 0 Å². The van der Waals surface area contributed by atoms with Crippen LogP contribution >= 0.6 is 11.6 Å². The normalized spacial score (nSPS) is 10.4. The van der Waals surface area contributed by atoms with Gasteiger partial charge >= 0.3 is 0 Å². The zero-order chi connectivity index (χ0) is 31.8. The molecule has 0 spiro atoms. The van der Waals surface area contributed by atoms with Crippen molar-refractivity contribution >= 4 is 23.1 Å². The predicted octanol–water partition coefficient (Wildman–Crippen LogP) is 9.04. The van der Waals surface area contributed by atoms with E-state index in [9.17, 15) is 4.79 Å². The third-order valence-corrected chi connectivity index (χ3v) is 7.12. The van der Waals surface area contributed by atoms with Crippen molar-refractivity contribution in [1.29, 1.82) is 0 Å². The SMILES string of the molecule is CCC(=O)c1cnn(C)c1.CCc1cccc(C)c1.CN=C(C)c1ccccc1C.Cc1ccc(-c2cn[nH]c2)cc1Cl. The number of aromatic amines is 1. The van der Waals surface area contributed by atoms with Gasteiger partial charge in [-0.25, -0.2) is 0 Å². The topological polar surface area (TPSA) is 75.9 Å². The number of aromatic nitrogens is 4. The van der Waals surface area contributed by atoms with Crippen LogP contribution in [0.3, 0.4) is 0 Å². The maximum Gasteiger partial charge on any atom is 0.165 e. The lowest BCUT2D eigenvalue weighted by Crippen LogP contribution is -1.96. The van der Waals surface area contributed by atoms with E-state index in [4.69, 9.17) is 11.6 Å². The summed E-state index contributed by atoms with van der Waals surface area (Å²) in [5, 5.41) is 11.3. The molecule has 7 heteroatoms. The Morgan fingerprint density at radius 1 is 0.930 bits per heavy atom. The van der Waals surface area contributed by atoms with Crippen molar-refractivity contribution in [2.75, 3.05) is 7.05 Å². The summed E-state index contributed by atoms with van der Waals surface area (Å²) in [7, 11) is 3.62. The number of ketones is 1. The summed E-state index contributed by atoms with van der Waals surface area (Å²) in [6.45, 7) is 12.3. The molecule has 0 amide bonds. The number of hydrogen-bond donors (Lipinski definition) is 1. The molecule has 6 nitrogen and oxygen atoms in total. The molecule has 0 aliphatic heterocycles. The number of nitrogens with zero attached hydrogens (tertiary/aromatic N) is 4. The van der Waals surface area contributed by atoms with Crippen molar-refractivity contribution < 1.29 is 4.79 Å². The molecule has 0 atom stereocenters. The van der Waals surface area contributed by atoms with E-state index in [1.54, 1.807) is 30.3 Å². The molecule has 5 rings (SSSR count). The highest BCUT2D eigenvalue weighted by atomic mass is 35.5. The molecule has 0 radical (unpaired) electrons. The Hall–Kier alpha value is -4.29. The summed E-state index contributed by atoms with van der Waals surface area (Å²) in [4.78, 5) is 15.1. The third kappa shape index (κ3) is 11.8. The minimum Gasteiger partial charge on any atom is -0.294 e. The average Bonchev–Trinajstić information content (AvgIpc) is 3.71. The smallest absolute Gasteiger partial charge is 0.165 e. The molecule has 0 aliphatic carbocycles. The molecule has 0 saturated heterocycles. The number of aryl methyl sites for hydroxylation is 5. The van der Waals surface area contributed by atoms with Gasteiger partial charge in [-0.15, -0.1) is 0 Å². The fraction of sp³-hybridized carbons (Fsp3) is 0.278. The number of H-pyrrole nitrogens is 1. The second-order valence-corrected chi connectivity index (χ2v) is 10.5. The summed E-state index contributed by atoms with van der Waals surface area (Å²) >= 11 is 6.00. The molecule has 0 aliphatic rings. The van der Waals surface area contributed by atoms with Gasteiger partial charge in [0.05, 0.1) is 18.0 Å². The van der Waals surface area contributed by atoms with Gasteiger partial charge in [-0.2, -0.15) is 10.2 Å². The summed E-state index contributed by atoms with van der Waals surface area (Å²) < 4.78 is 1.63. The number of hydrogen-bond acceptors (Lipinski definition) is 4. The molecule has 43 heavy (non-hydrogen) atoms. The van der Waals surface area contributed by atoms with E-state index >= 15 is 0 Å².